The molecule has 0 fully saturated rings. The number of hydrogen-bond donors (Lipinski definition) is 1. The molecule has 0 atom stereocenters. The summed E-state index contributed by atoms with van der Waals surface area (Å²) in [5, 5.41) is 9.51. The molecule has 1 heterocycles. The fourth-order valence-corrected chi connectivity index (χ4v) is 1.59. The Balaban J connectivity index is 2.54. The van der Waals surface area contributed by atoms with E-state index in [1.807, 2.05) is 0 Å². The molecule has 0 saturated heterocycles. The SMILES string of the molecule is O=C(O)c1cccn1-c1cccc(Cl)c1. The Morgan fingerprint density at radius 3 is 2.73 bits per heavy atom. The molecule has 0 aliphatic rings. The quantitative estimate of drug-likeness (QED) is 0.847. The molecule has 2 aromatic rings. The van der Waals surface area contributed by atoms with Crippen LogP contribution in [-0.2, 0) is 0 Å². The van der Waals surface area contributed by atoms with Crippen LogP contribution < -0.4 is 0 Å². The Bertz CT molecular complexity index is 505. The first-order valence-corrected chi connectivity index (χ1v) is 4.73. The largest absolute Gasteiger partial charge is 0.477 e. The van der Waals surface area contributed by atoms with Crippen LogP contribution in [0, 0.1) is 0 Å². The van der Waals surface area contributed by atoms with Gasteiger partial charge in [0.05, 0.1) is 0 Å². The van der Waals surface area contributed by atoms with Crippen LogP contribution in [0.5, 0.6) is 0 Å². The van der Waals surface area contributed by atoms with E-state index in [2.05, 4.69) is 0 Å². The van der Waals surface area contributed by atoms with E-state index in [0.29, 0.717) is 5.02 Å². The zero-order valence-corrected chi connectivity index (χ0v) is 8.48. The van der Waals surface area contributed by atoms with Crippen LogP contribution in [-0.4, -0.2) is 15.6 Å². The third-order valence-electron chi connectivity index (χ3n) is 2.05. The van der Waals surface area contributed by atoms with Gasteiger partial charge in [-0.05, 0) is 30.3 Å². The third-order valence-corrected chi connectivity index (χ3v) is 2.29. The summed E-state index contributed by atoms with van der Waals surface area (Å²) in [5.74, 6) is -0.958. The van der Waals surface area contributed by atoms with Gasteiger partial charge in [0.1, 0.15) is 5.69 Å². The fraction of sp³-hybridized carbons (Fsp3) is 0. The second-order valence-electron chi connectivity index (χ2n) is 3.05. The Hall–Kier alpha value is -1.74. The molecule has 4 heteroatoms. The fourth-order valence-electron chi connectivity index (χ4n) is 1.41. The molecule has 1 N–H and O–H groups in total. The highest BCUT2D eigenvalue weighted by Crippen LogP contribution is 2.17. The van der Waals surface area contributed by atoms with Crippen LogP contribution in [0.1, 0.15) is 10.5 Å². The van der Waals surface area contributed by atoms with Gasteiger partial charge in [-0.3, -0.25) is 0 Å². The lowest BCUT2D eigenvalue weighted by Crippen LogP contribution is -2.05. The van der Waals surface area contributed by atoms with Crippen molar-refractivity contribution in [1.82, 2.24) is 4.57 Å². The van der Waals surface area contributed by atoms with E-state index in [0.717, 1.165) is 5.69 Å². The molecule has 2 rings (SSSR count). The number of aromatic carboxylic acids is 1. The van der Waals surface area contributed by atoms with Gasteiger partial charge in [0.25, 0.3) is 0 Å². The predicted molar refractivity (Wildman–Crippen MR) is 57.7 cm³/mol. The van der Waals surface area contributed by atoms with Crippen LogP contribution in [0.4, 0.5) is 0 Å². The number of benzene rings is 1. The zero-order chi connectivity index (χ0) is 10.8. The molecular formula is C11H8ClNO2. The zero-order valence-electron chi connectivity index (χ0n) is 7.72. The van der Waals surface area contributed by atoms with Crippen molar-refractivity contribution >= 4 is 17.6 Å². The van der Waals surface area contributed by atoms with Crippen molar-refractivity contribution in [2.24, 2.45) is 0 Å². The first kappa shape index (κ1) is 9.80. The second-order valence-corrected chi connectivity index (χ2v) is 3.48. The summed E-state index contributed by atoms with van der Waals surface area (Å²) < 4.78 is 1.58. The first-order valence-electron chi connectivity index (χ1n) is 4.35. The highest BCUT2D eigenvalue weighted by atomic mass is 35.5. The van der Waals surface area contributed by atoms with E-state index >= 15 is 0 Å². The lowest BCUT2D eigenvalue weighted by molar-refractivity contribution is 0.0688. The van der Waals surface area contributed by atoms with Gasteiger partial charge in [0, 0.05) is 16.9 Å². The summed E-state index contributed by atoms with van der Waals surface area (Å²) in [7, 11) is 0. The number of carboxylic acid groups (broad SMARTS) is 1. The third kappa shape index (κ3) is 1.87. The van der Waals surface area contributed by atoms with Crippen molar-refractivity contribution in [3.05, 3.63) is 53.3 Å². The average molecular weight is 222 g/mol. The van der Waals surface area contributed by atoms with Gasteiger partial charge in [-0.25, -0.2) is 4.79 Å². The molecule has 76 valence electrons. The molecule has 0 unspecified atom stereocenters. The monoisotopic (exact) mass is 221 g/mol. The minimum atomic E-state index is -0.958. The highest BCUT2D eigenvalue weighted by molar-refractivity contribution is 6.30. The number of carboxylic acids is 1. The molecule has 3 nitrogen and oxygen atoms in total. The van der Waals surface area contributed by atoms with E-state index in [9.17, 15) is 4.79 Å². The Morgan fingerprint density at radius 1 is 1.27 bits per heavy atom. The molecule has 0 aliphatic carbocycles. The number of aromatic nitrogens is 1. The second kappa shape index (κ2) is 3.79. The molecule has 0 amide bonds. The normalized spacial score (nSPS) is 10.2. The number of rotatable bonds is 2. The standard InChI is InChI=1S/C11H8ClNO2/c12-8-3-1-4-9(7-8)13-6-2-5-10(13)11(14)15/h1-7H,(H,14,15). The number of hydrogen-bond acceptors (Lipinski definition) is 1. The molecule has 0 radical (unpaired) electrons. The number of halogens is 1. The van der Waals surface area contributed by atoms with Gasteiger partial charge < -0.3 is 9.67 Å². The van der Waals surface area contributed by atoms with Gasteiger partial charge in [-0.1, -0.05) is 17.7 Å². The van der Waals surface area contributed by atoms with Crippen molar-refractivity contribution in [3.63, 3.8) is 0 Å². The van der Waals surface area contributed by atoms with Crippen molar-refractivity contribution in [3.8, 4) is 5.69 Å². The summed E-state index contributed by atoms with van der Waals surface area (Å²) in [6.07, 6.45) is 1.69. The maximum absolute atomic E-state index is 10.9. The smallest absolute Gasteiger partial charge is 0.352 e. The summed E-state index contributed by atoms with van der Waals surface area (Å²) >= 11 is 5.83. The van der Waals surface area contributed by atoms with E-state index in [1.54, 1.807) is 47.2 Å². The van der Waals surface area contributed by atoms with Crippen molar-refractivity contribution in [2.75, 3.05) is 0 Å². The molecule has 0 aliphatic heterocycles. The number of carbonyl (C=O) groups is 1. The van der Waals surface area contributed by atoms with Gasteiger partial charge in [0.15, 0.2) is 0 Å². The van der Waals surface area contributed by atoms with Crippen LogP contribution in [0.15, 0.2) is 42.6 Å². The van der Waals surface area contributed by atoms with Crippen molar-refractivity contribution in [1.29, 1.82) is 0 Å². The Morgan fingerprint density at radius 2 is 2.07 bits per heavy atom. The summed E-state index contributed by atoms with van der Waals surface area (Å²) in [6.45, 7) is 0. The lowest BCUT2D eigenvalue weighted by atomic mass is 10.3. The minimum Gasteiger partial charge on any atom is -0.477 e. The van der Waals surface area contributed by atoms with Gasteiger partial charge in [0.2, 0.25) is 0 Å². The Kier molecular flexibility index (Phi) is 2.47. The molecule has 1 aromatic heterocycles. The van der Waals surface area contributed by atoms with Crippen LogP contribution in [0.25, 0.3) is 5.69 Å². The van der Waals surface area contributed by atoms with E-state index in [4.69, 9.17) is 16.7 Å². The van der Waals surface area contributed by atoms with Crippen LogP contribution in [0.3, 0.4) is 0 Å². The molecule has 15 heavy (non-hydrogen) atoms. The van der Waals surface area contributed by atoms with Crippen LogP contribution in [0.2, 0.25) is 5.02 Å². The van der Waals surface area contributed by atoms with E-state index in [-0.39, 0.29) is 5.69 Å². The lowest BCUT2D eigenvalue weighted by Gasteiger charge is -2.06. The molecule has 0 bridgehead atoms. The summed E-state index contributed by atoms with van der Waals surface area (Å²) in [5.41, 5.74) is 0.960. The molecule has 0 spiro atoms. The highest BCUT2D eigenvalue weighted by Gasteiger charge is 2.09. The minimum absolute atomic E-state index is 0.220. The van der Waals surface area contributed by atoms with Crippen molar-refractivity contribution < 1.29 is 9.90 Å². The van der Waals surface area contributed by atoms with Crippen molar-refractivity contribution in [2.45, 2.75) is 0 Å². The van der Waals surface area contributed by atoms with Gasteiger partial charge in [-0.15, -0.1) is 0 Å². The van der Waals surface area contributed by atoms with E-state index < -0.39 is 5.97 Å². The summed E-state index contributed by atoms with van der Waals surface area (Å²) in [4.78, 5) is 10.9. The molecular weight excluding hydrogens is 214 g/mol. The Labute approximate surface area is 91.5 Å². The van der Waals surface area contributed by atoms with Gasteiger partial charge >= 0.3 is 5.97 Å². The van der Waals surface area contributed by atoms with Crippen LogP contribution >= 0.6 is 11.6 Å². The predicted octanol–water partition coefficient (Wildman–Crippen LogP) is 2.83. The maximum Gasteiger partial charge on any atom is 0.352 e. The number of nitrogens with zero attached hydrogens (tertiary/aromatic N) is 1. The molecule has 0 saturated carbocycles. The molecule has 1 aromatic carbocycles. The van der Waals surface area contributed by atoms with Gasteiger partial charge in [-0.2, -0.15) is 0 Å². The topological polar surface area (TPSA) is 42.2 Å². The van der Waals surface area contributed by atoms with E-state index in [1.165, 1.54) is 0 Å². The first-order chi connectivity index (χ1) is 7.18. The maximum atomic E-state index is 10.9. The summed E-state index contributed by atoms with van der Waals surface area (Å²) in [6, 6.07) is 10.3. The average Bonchev–Trinajstić information content (AvgIpc) is 2.65.